The quantitative estimate of drug-likeness (QED) is 0.570. The zero-order valence-corrected chi connectivity index (χ0v) is 10.7. The molecule has 0 aliphatic rings. The van der Waals surface area contributed by atoms with Gasteiger partial charge in [0.25, 0.3) is 0 Å². The largest absolute Gasteiger partial charge is 0.417 e. The van der Waals surface area contributed by atoms with E-state index in [2.05, 4.69) is 0 Å². The third-order valence-corrected chi connectivity index (χ3v) is 2.98. The molecule has 0 heterocycles. The maximum absolute atomic E-state index is 12.8. The number of hydrogen-bond acceptors (Lipinski definition) is 1. The molecule has 1 atom stereocenters. The first-order valence-corrected chi connectivity index (χ1v) is 5.81. The van der Waals surface area contributed by atoms with Gasteiger partial charge in [-0.05, 0) is 24.6 Å². The first-order chi connectivity index (χ1) is 8.98. The number of carbonyl (C=O) groups excluding carboxylic acids is 1. The smallest absolute Gasteiger partial charge is 0.294 e. The molecule has 1 aromatic rings. The van der Waals surface area contributed by atoms with E-state index in [0.29, 0.717) is 12.1 Å². The standard InChI is InChI=1S/C13H12F6O/c1-3-7(2)11(20)9-6-8(12(14,15)16)4-5-10(9)13(17,18)19/h4-7H,3H2,1-2H3. The molecule has 1 nitrogen and oxygen atoms in total. The van der Waals surface area contributed by atoms with Gasteiger partial charge in [-0.2, -0.15) is 26.3 Å². The summed E-state index contributed by atoms with van der Waals surface area (Å²) in [5.41, 5.74) is -3.53. The fraction of sp³-hybridized carbons (Fsp3) is 0.462. The van der Waals surface area contributed by atoms with E-state index in [-0.39, 0.29) is 12.5 Å². The Hall–Kier alpha value is -1.53. The van der Waals surface area contributed by atoms with Gasteiger partial charge >= 0.3 is 12.4 Å². The molecular weight excluding hydrogens is 286 g/mol. The van der Waals surface area contributed by atoms with Gasteiger partial charge in [-0.25, -0.2) is 0 Å². The highest BCUT2D eigenvalue weighted by Crippen LogP contribution is 2.37. The molecule has 20 heavy (non-hydrogen) atoms. The summed E-state index contributed by atoms with van der Waals surface area (Å²) in [7, 11) is 0. The van der Waals surface area contributed by atoms with Gasteiger partial charge in [-0.1, -0.05) is 13.8 Å². The van der Waals surface area contributed by atoms with E-state index in [9.17, 15) is 31.1 Å². The van der Waals surface area contributed by atoms with Crippen molar-refractivity contribution < 1.29 is 31.1 Å². The lowest BCUT2D eigenvalue weighted by molar-refractivity contribution is -0.141. The number of halogens is 6. The van der Waals surface area contributed by atoms with Crippen LogP contribution in [0.2, 0.25) is 0 Å². The van der Waals surface area contributed by atoms with Gasteiger partial charge in [0.15, 0.2) is 5.78 Å². The van der Waals surface area contributed by atoms with Crippen molar-refractivity contribution in [2.24, 2.45) is 5.92 Å². The molecule has 0 radical (unpaired) electrons. The van der Waals surface area contributed by atoms with Gasteiger partial charge < -0.3 is 0 Å². The highest BCUT2D eigenvalue weighted by molar-refractivity contribution is 5.99. The van der Waals surface area contributed by atoms with Crippen LogP contribution in [-0.4, -0.2) is 5.78 Å². The third-order valence-electron chi connectivity index (χ3n) is 2.98. The van der Waals surface area contributed by atoms with E-state index < -0.39 is 40.7 Å². The summed E-state index contributed by atoms with van der Waals surface area (Å²) in [5, 5.41) is 0. The molecular formula is C13H12F6O. The van der Waals surface area contributed by atoms with Crippen LogP contribution in [0.25, 0.3) is 0 Å². The van der Waals surface area contributed by atoms with E-state index in [1.807, 2.05) is 0 Å². The second kappa shape index (κ2) is 5.46. The van der Waals surface area contributed by atoms with E-state index >= 15 is 0 Å². The van der Waals surface area contributed by atoms with Crippen LogP contribution in [0.1, 0.15) is 41.8 Å². The molecule has 0 saturated carbocycles. The molecule has 1 rings (SSSR count). The summed E-state index contributed by atoms with van der Waals surface area (Å²) >= 11 is 0. The maximum Gasteiger partial charge on any atom is 0.417 e. The number of ketones is 1. The molecule has 0 aliphatic carbocycles. The second-order valence-corrected chi connectivity index (χ2v) is 4.43. The second-order valence-electron chi connectivity index (χ2n) is 4.43. The number of carbonyl (C=O) groups is 1. The van der Waals surface area contributed by atoms with Crippen LogP contribution < -0.4 is 0 Å². The molecule has 0 amide bonds. The van der Waals surface area contributed by atoms with E-state index in [1.165, 1.54) is 6.92 Å². The van der Waals surface area contributed by atoms with Crippen molar-refractivity contribution in [1.82, 2.24) is 0 Å². The number of benzene rings is 1. The predicted molar refractivity (Wildman–Crippen MR) is 60.2 cm³/mol. The van der Waals surface area contributed by atoms with Gasteiger partial charge in [-0.3, -0.25) is 4.79 Å². The van der Waals surface area contributed by atoms with Crippen molar-refractivity contribution in [3.8, 4) is 0 Å². The van der Waals surface area contributed by atoms with Crippen molar-refractivity contribution in [2.45, 2.75) is 32.6 Å². The van der Waals surface area contributed by atoms with E-state index in [0.717, 1.165) is 0 Å². The zero-order chi connectivity index (χ0) is 15.7. The first kappa shape index (κ1) is 16.5. The SMILES string of the molecule is CCC(C)C(=O)c1cc(C(F)(F)F)ccc1C(F)(F)F. The molecule has 0 aliphatic heterocycles. The molecule has 0 spiro atoms. The predicted octanol–water partition coefficient (Wildman–Crippen LogP) is 4.95. The van der Waals surface area contributed by atoms with Crippen LogP contribution in [0.5, 0.6) is 0 Å². The van der Waals surface area contributed by atoms with Gasteiger partial charge in [0.2, 0.25) is 0 Å². The molecule has 0 saturated heterocycles. The summed E-state index contributed by atoms with van der Waals surface area (Å²) in [5.74, 6) is -1.72. The van der Waals surface area contributed by atoms with Crippen LogP contribution in [0.4, 0.5) is 26.3 Å². The molecule has 0 N–H and O–H groups in total. The molecule has 112 valence electrons. The zero-order valence-electron chi connectivity index (χ0n) is 10.7. The van der Waals surface area contributed by atoms with Crippen molar-refractivity contribution in [2.75, 3.05) is 0 Å². The van der Waals surface area contributed by atoms with Gasteiger partial charge in [0.1, 0.15) is 0 Å². The first-order valence-electron chi connectivity index (χ1n) is 5.81. The highest BCUT2D eigenvalue weighted by atomic mass is 19.4. The Morgan fingerprint density at radius 2 is 1.65 bits per heavy atom. The van der Waals surface area contributed by atoms with Gasteiger partial charge in [-0.15, -0.1) is 0 Å². The molecule has 7 heteroatoms. The monoisotopic (exact) mass is 298 g/mol. The summed E-state index contributed by atoms with van der Waals surface area (Å²) < 4.78 is 76.0. The Morgan fingerprint density at radius 1 is 1.10 bits per heavy atom. The molecule has 1 aromatic carbocycles. The van der Waals surface area contributed by atoms with E-state index in [4.69, 9.17) is 0 Å². The lowest BCUT2D eigenvalue weighted by Crippen LogP contribution is -2.19. The van der Waals surface area contributed by atoms with Crippen molar-refractivity contribution in [1.29, 1.82) is 0 Å². The van der Waals surface area contributed by atoms with Crippen LogP contribution in [-0.2, 0) is 12.4 Å². The van der Waals surface area contributed by atoms with E-state index in [1.54, 1.807) is 6.92 Å². The highest BCUT2D eigenvalue weighted by Gasteiger charge is 2.39. The lowest BCUT2D eigenvalue weighted by atomic mass is 9.92. The summed E-state index contributed by atoms with van der Waals surface area (Å²) in [6.45, 7) is 2.95. The number of hydrogen-bond donors (Lipinski definition) is 0. The van der Waals surface area contributed by atoms with Crippen molar-refractivity contribution in [3.63, 3.8) is 0 Å². The van der Waals surface area contributed by atoms with Crippen LogP contribution in [0.15, 0.2) is 18.2 Å². The van der Waals surface area contributed by atoms with Gasteiger partial charge in [0.05, 0.1) is 11.1 Å². The summed E-state index contributed by atoms with van der Waals surface area (Å²) in [6, 6.07) is 0.909. The number of alkyl halides is 6. The Bertz CT molecular complexity index is 501. The fourth-order valence-electron chi connectivity index (χ4n) is 1.62. The Morgan fingerprint density at radius 3 is 2.05 bits per heavy atom. The van der Waals surface area contributed by atoms with Crippen molar-refractivity contribution in [3.05, 3.63) is 34.9 Å². The Balaban J connectivity index is 3.46. The minimum atomic E-state index is -4.87. The normalized spacial score (nSPS) is 14.2. The maximum atomic E-state index is 12.8. The molecule has 0 aromatic heterocycles. The Labute approximate surface area is 111 Å². The minimum Gasteiger partial charge on any atom is -0.294 e. The van der Waals surface area contributed by atoms with Crippen molar-refractivity contribution >= 4 is 5.78 Å². The number of rotatable bonds is 3. The minimum absolute atomic E-state index is 0.242. The molecule has 0 fully saturated rings. The number of Topliss-reactive ketones (excluding diaryl/α,β-unsaturated/α-hetero) is 1. The topological polar surface area (TPSA) is 17.1 Å². The molecule has 0 bridgehead atoms. The third kappa shape index (κ3) is 3.52. The van der Waals surface area contributed by atoms with Crippen LogP contribution in [0, 0.1) is 5.92 Å². The van der Waals surface area contributed by atoms with Gasteiger partial charge in [0, 0.05) is 11.5 Å². The lowest BCUT2D eigenvalue weighted by Gasteiger charge is -2.17. The summed E-state index contributed by atoms with van der Waals surface area (Å²) in [4.78, 5) is 11.9. The Kier molecular flexibility index (Phi) is 4.51. The van der Waals surface area contributed by atoms with Crippen LogP contribution in [0.3, 0.4) is 0 Å². The summed E-state index contributed by atoms with van der Waals surface area (Å²) in [6.07, 6.45) is -9.43. The average Bonchev–Trinajstić information content (AvgIpc) is 2.34. The van der Waals surface area contributed by atoms with Crippen LogP contribution >= 0.6 is 0 Å². The fourth-order valence-corrected chi connectivity index (χ4v) is 1.62. The molecule has 1 unspecified atom stereocenters. The average molecular weight is 298 g/mol.